The summed E-state index contributed by atoms with van der Waals surface area (Å²) in [6.07, 6.45) is 6.62. The predicted molar refractivity (Wildman–Crippen MR) is 91.4 cm³/mol. The van der Waals surface area contributed by atoms with E-state index in [0.717, 1.165) is 19.3 Å². The molecule has 0 unspecified atom stereocenters. The molecule has 6 heteroatoms. The van der Waals surface area contributed by atoms with Crippen LogP contribution in [-0.2, 0) is 19.4 Å². The molecule has 2 aliphatic rings. The highest BCUT2D eigenvalue weighted by Gasteiger charge is 2.41. The lowest BCUT2D eigenvalue weighted by molar-refractivity contribution is -0.121. The van der Waals surface area contributed by atoms with Crippen LogP contribution in [0.5, 0.6) is 0 Å². The molecule has 0 bridgehead atoms. The van der Waals surface area contributed by atoms with Crippen molar-refractivity contribution >= 4 is 15.7 Å². The van der Waals surface area contributed by atoms with Crippen molar-refractivity contribution in [1.82, 2.24) is 5.32 Å². The maximum Gasteiger partial charge on any atom is 0.221 e. The normalized spacial score (nSPS) is 23.2. The average molecular weight is 351 g/mol. The third-order valence-corrected chi connectivity index (χ3v) is 6.77. The Bertz CT molecular complexity index is 666. The first-order chi connectivity index (χ1) is 11.5. The molecule has 1 aliphatic carbocycles. The topological polar surface area (TPSA) is 72.5 Å². The van der Waals surface area contributed by atoms with Crippen molar-refractivity contribution in [2.24, 2.45) is 0 Å². The second kappa shape index (κ2) is 7.23. The SMILES string of the molecule is O=C(CCS(=O)(=O)c1ccccc1)N[C@@H]1COC2(CCCCC2)C1. The quantitative estimate of drug-likeness (QED) is 0.884. The zero-order valence-corrected chi connectivity index (χ0v) is 14.7. The maximum atomic E-state index is 12.2. The van der Waals surface area contributed by atoms with Gasteiger partial charge in [-0.15, -0.1) is 0 Å². The highest BCUT2D eigenvalue weighted by Crippen LogP contribution is 2.39. The fraction of sp³-hybridized carbons (Fsp3) is 0.611. The summed E-state index contributed by atoms with van der Waals surface area (Å²) < 4.78 is 30.4. The summed E-state index contributed by atoms with van der Waals surface area (Å²) in [7, 11) is -3.41. The van der Waals surface area contributed by atoms with Crippen molar-refractivity contribution in [2.75, 3.05) is 12.4 Å². The summed E-state index contributed by atoms with van der Waals surface area (Å²) in [6.45, 7) is 0.539. The van der Waals surface area contributed by atoms with Gasteiger partial charge in [0.2, 0.25) is 5.91 Å². The Morgan fingerprint density at radius 2 is 1.88 bits per heavy atom. The van der Waals surface area contributed by atoms with Crippen LogP contribution < -0.4 is 5.32 Å². The molecule has 1 heterocycles. The fourth-order valence-electron chi connectivity index (χ4n) is 3.75. The molecular formula is C18H25NO4S. The molecule has 1 amide bonds. The summed E-state index contributed by atoms with van der Waals surface area (Å²) in [5.74, 6) is -0.377. The minimum Gasteiger partial charge on any atom is -0.373 e. The first-order valence-corrected chi connectivity index (χ1v) is 10.4. The van der Waals surface area contributed by atoms with E-state index in [-0.39, 0.29) is 34.6 Å². The van der Waals surface area contributed by atoms with Crippen LogP contribution in [0.4, 0.5) is 0 Å². The number of sulfone groups is 1. The number of hydrogen-bond acceptors (Lipinski definition) is 4. The summed E-state index contributed by atoms with van der Waals surface area (Å²) >= 11 is 0. The van der Waals surface area contributed by atoms with E-state index in [9.17, 15) is 13.2 Å². The average Bonchev–Trinajstić information content (AvgIpc) is 2.96. The van der Waals surface area contributed by atoms with E-state index in [4.69, 9.17) is 4.74 Å². The molecule has 5 nitrogen and oxygen atoms in total. The van der Waals surface area contributed by atoms with Crippen LogP contribution in [0, 0.1) is 0 Å². The Morgan fingerprint density at radius 1 is 1.17 bits per heavy atom. The van der Waals surface area contributed by atoms with Gasteiger partial charge in [-0.1, -0.05) is 37.5 Å². The third kappa shape index (κ3) is 4.16. The molecule has 1 N–H and O–H groups in total. The Balaban J connectivity index is 1.48. The molecule has 1 aromatic carbocycles. The van der Waals surface area contributed by atoms with Gasteiger partial charge in [-0.25, -0.2) is 8.42 Å². The molecule has 132 valence electrons. The van der Waals surface area contributed by atoms with Gasteiger partial charge in [0.1, 0.15) is 0 Å². The molecule has 2 fully saturated rings. The minimum atomic E-state index is -3.41. The molecule has 1 aromatic rings. The highest BCUT2D eigenvalue weighted by molar-refractivity contribution is 7.91. The predicted octanol–water partition coefficient (Wildman–Crippen LogP) is 2.46. The Kier molecular flexibility index (Phi) is 5.25. The van der Waals surface area contributed by atoms with E-state index in [1.165, 1.54) is 19.3 Å². The lowest BCUT2D eigenvalue weighted by atomic mass is 9.82. The summed E-state index contributed by atoms with van der Waals surface area (Å²) in [6, 6.07) is 8.27. The summed E-state index contributed by atoms with van der Waals surface area (Å²) in [5, 5.41) is 2.95. The van der Waals surface area contributed by atoms with E-state index in [0.29, 0.717) is 6.61 Å². The van der Waals surface area contributed by atoms with Crippen molar-refractivity contribution in [3.8, 4) is 0 Å². The smallest absolute Gasteiger partial charge is 0.221 e. The number of nitrogens with one attached hydrogen (secondary N) is 1. The van der Waals surface area contributed by atoms with Crippen molar-refractivity contribution in [1.29, 1.82) is 0 Å². The Hall–Kier alpha value is -1.40. The lowest BCUT2D eigenvalue weighted by Gasteiger charge is -2.32. The van der Waals surface area contributed by atoms with Gasteiger partial charge in [-0.2, -0.15) is 0 Å². The van der Waals surface area contributed by atoms with E-state index in [1.54, 1.807) is 30.3 Å². The number of rotatable bonds is 5. The van der Waals surface area contributed by atoms with Crippen molar-refractivity contribution in [2.45, 2.75) is 61.5 Å². The van der Waals surface area contributed by atoms with Crippen LogP contribution in [0.25, 0.3) is 0 Å². The van der Waals surface area contributed by atoms with Crippen LogP contribution in [0.1, 0.15) is 44.9 Å². The molecule has 3 rings (SSSR count). The second-order valence-corrected chi connectivity index (χ2v) is 9.01. The van der Waals surface area contributed by atoms with Gasteiger partial charge < -0.3 is 10.1 Å². The number of carbonyl (C=O) groups is 1. The van der Waals surface area contributed by atoms with Gasteiger partial charge in [-0.3, -0.25) is 4.79 Å². The Labute approximate surface area is 143 Å². The molecule has 1 spiro atoms. The van der Waals surface area contributed by atoms with Gasteiger partial charge in [0.15, 0.2) is 9.84 Å². The van der Waals surface area contributed by atoms with Crippen LogP contribution in [0.15, 0.2) is 35.2 Å². The Morgan fingerprint density at radius 3 is 2.58 bits per heavy atom. The van der Waals surface area contributed by atoms with Crippen LogP contribution >= 0.6 is 0 Å². The first kappa shape index (κ1) is 17.4. The number of ether oxygens (including phenoxy) is 1. The number of amides is 1. The summed E-state index contributed by atoms with van der Waals surface area (Å²) in [5.41, 5.74) is -0.0493. The van der Waals surface area contributed by atoms with E-state index < -0.39 is 9.84 Å². The molecule has 0 radical (unpaired) electrons. The monoisotopic (exact) mass is 351 g/mol. The largest absolute Gasteiger partial charge is 0.373 e. The van der Waals surface area contributed by atoms with E-state index >= 15 is 0 Å². The highest BCUT2D eigenvalue weighted by atomic mass is 32.2. The molecule has 1 saturated heterocycles. The fourth-order valence-corrected chi connectivity index (χ4v) is 5.02. The second-order valence-electron chi connectivity index (χ2n) is 6.91. The van der Waals surface area contributed by atoms with Gasteiger partial charge in [-0.05, 0) is 31.4 Å². The van der Waals surface area contributed by atoms with Crippen LogP contribution in [-0.4, -0.2) is 38.3 Å². The minimum absolute atomic E-state index is 0.00929. The van der Waals surface area contributed by atoms with Crippen molar-refractivity contribution in [3.05, 3.63) is 30.3 Å². The molecule has 1 aliphatic heterocycles. The van der Waals surface area contributed by atoms with Gasteiger partial charge in [0.05, 0.1) is 28.9 Å². The molecule has 1 atom stereocenters. The number of benzene rings is 1. The van der Waals surface area contributed by atoms with Crippen molar-refractivity contribution in [3.63, 3.8) is 0 Å². The van der Waals surface area contributed by atoms with Crippen molar-refractivity contribution < 1.29 is 17.9 Å². The standard InChI is InChI=1S/C18H25NO4S/c20-17(9-12-24(21,22)16-7-3-1-4-8-16)19-15-13-18(23-14-15)10-5-2-6-11-18/h1,3-4,7-8,15H,2,5-6,9-14H2,(H,19,20)/t15-/m0/s1. The molecule has 1 saturated carbocycles. The zero-order chi connectivity index (χ0) is 17.0. The van der Waals surface area contributed by atoms with Gasteiger partial charge in [0, 0.05) is 6.42 Å². The van der Waals surface area contributed by atoms with Gasteiger partial charge >= 0.3 is 0 Å². The number of hydrogen-bond donors (Lipinski definition) is 1. The summed E-state index contributed by atoms with van der Waals surface area (Å²) in [4.78, 5) is 12.4. The van der Waals surface area contributed by atoms with E-state index in [2.05, 4.69) is 5.32 Å². The maximum absolute atomic E-state index is 12.2. The lowest BCUT2D eigenvalue weighted by Crippen LogP contribution is -2.38. The van der Waals surface area contributed by atoms with Crippen LogP contribution in [0.3, 0.4) is 0 Å². The molecule has 0 aromatic heterocycles. The van der Waals surface area contributed by atoms with Crippen LogP contribution in [0.2, 0.25) is 0 Å². The molecule has 24 heavy (non-hydrogen) atoms. The van der Waals surface area contributed by atoms with E-state index in [1.807, 2.05) is 0 Å². The first-order valence-electron chi connectivity index (χ1n) is 8.70. The molecular weight excluding hydrogens is 326 g/mol. The third-order valence-electron chi connectivity index (χ3n) is 5.04. The number of carbonyl (C=O) groups excluding carboxylic acids is 1. The zero-order valence-electron chi connectivity index (χ0n) is 13.9. The van der Waals surface area contributed by atoms with Gasteiger partial charge in [0.25, 0.3) is 0 Å².